The van der Waals surface area contributed by atoms with Crippen LogP contribution in [0.5, 0.6) is 0 Å². The van der Waals surface area contributed by atoms with Gasteiger partial charge in [0.2, 0.25) is 0 Å². The van der Waals surface area contributed by atoms with E-state index in [2.05, 4.69) is 15.1 Å². The van der Waals surface area contributed by atoms with E-state index in [-0.39, 0.29) is 0 Å². The first-order valence-electron chi connectivity index (χ1n) is 5.72. The van der Waals surface area contributed by atoms with Crippen molar-refractivity contribution >= 4 is 16.7 Å². The summed E-state index contributed by atoms with van der Waals surface area (Å²) >= 11 is 0. The molecule has 0 spiro atoms. The van der Waals surface area contributed by atoms with Crippen molar-refractivity contribution in [3.63, 3.8) is 0 Å². The fraction of sp³-hybridized carbons (Fsp3) is 0.154. The van der Waals surface area contributed by atoms with Crippen LogP contribution in [0.4, 0.5) is 5.69 Å². The summed E-state index contributed by atoms with van der Waals surface area (Å²) < 4.78 is 1.85. The summed E-state index contributed by atoms with van der Waals surface area (Å²) in [6.07, 6.45) is 5.38. The summed E-state index contributed by atoms with van der Waals surface area (Å²) in [5.74, 6) is 0. The predicted molar refractivity (Wildman–Crippen MR) is 70.0 cm³/mol. The Bertz CT molecular complexity index is 701. The van der Waals surface area contributed by atoms with E-state index >= 15 is 0 Å². The van der Waals surface area contributed by atoms with Gasteiger partial charge < -0.3 is 5.73 Å². The van der Waals surface area contributed by atoms with Crippen molar-refractivity contribution in [3.05, 3.63) is 48.0 Å². The lowest BCUT2D eigenvalue weighted by Gasteiger charge is -2.03. The van der Waals surface area contributed by atoms with E-state index in [0.29, 0.717) is 12.2 Å². The van der Waals surface area contributed by atoms with Gasteiger partial charge in [0.1, 0.15) is 11.0 Å². The second-order valence-corrected chi connectivity index (χ2v) is 4.21. The van der Waals surface area contributed by atoms with E-state index in [0.717, 1.165) is 22.3 Å². The third-order valence-electron chi connectivity index (χ3n) is 2.93. The first-order chi connectivity index (χ1) is 8.74. The van der Waals surface area contributed by atoms with Gasteiger partial charge in [0.25, 0.3) is 0 Å². The number of nitrogens with two attached hydrogens (primary N) is 1. The smallest absolute Gasteiger partial charge is 0.134 e. The number of fused-ring (bicyclic) bond motifs is 1. The molecule has 18 heavy (non-hydrogen) atoms. The van der Waals surface area contributed by atoms with Crippen LogP contribution in [0.15, 0.2) is 36.8 Å². The maximum absolute atomic E-state index is 5.86. The van der Waals surface area contributed by atoms with Crippen molar-refractivity contribution in [1.82, 2.24) is 19.7 Å². The molecule has 3 aromatic rings. The fourth-order valence-electron chi connectivity index (χ4n) is 1.93. The van der Waals surface area contributed by atoms with Crippen LogP contribution in [0, 0.1) is 6.92 Å². The molecule has 2 N–H and O–H groups in total. The summed E-state index contributed by atoms with van der Waals surface area (Å²) in [5, 5.41) is 4.45. The van der Waals surface area contributed by atoms with Gasteiger partial charge in [-0.1, -0.05) is 6.07 Å². The second-order valence-electron chi connectivity index (χ2n) is 4.21. The summed E-state index contributed by atoms with van der Waals surface area (Å²) in [4.78, 5) is 8.51. The number of hydrogen-bond acceptors (Lipinski definition) is 4. The fourth-order valence-corrected chi connectivity index (χ4v) is 1.93. The quantitative estimate of drug-likeness (QED) is 0.739. The number of aryl methyl sites for hydroxylation is 1. The molecular formula is C13H13N5. The summed E-state index contributed by atoms with van der Waals surface area (Å²) in [6, 6.07) is 5.73. The van der Waals surface area contributed by atoms with E-state index in [1.807, 2.05) is 29.9 Å². The molecule has 0 bridgehead atoms. The molecule has 0 aliphatic rings. The molecule has 0 radical (unpaired) electrons. The van der Waals surface area contributed by atoms with E-state index in [1.54, 1.807) is 18.5 Å². The SMILES string of the molecule is Cc1ncccc1Cn1cc2nccc(N)c2n1. The van der Waals surface area contributed by atoms with Crippen LogP contribution >= 0.6 is 0 Å². The van der Waals surface area contributed by atoms with E-state index in [9.17, 15) is 0 Å². The van der Waals surface area contributed by atoms with E-state index in [4.69, 9.17) is 5.73 Å². The van der Waals surface area contributed by atoms with Gasteiger partial charge in [0, 0.05) is 18.1 Å². The van der Waals surface area contributed by atoms with Crippen LogP contribution in [-0.4, -0.2) is 19.7 Å². The summed E-state index contributed by atoms with van der Waals surface area (Å²) in [6.45, 7) is 2.67. The average Bonchev–Trinajstić information content (AvgIpc) is 2.76. The molecule has 0 saturated heterocycles. The summed E-state index contributed by atoms with van der Waals surface area (Å²) in [7, 11) is 0. The van der Waals surface area contributed by atoms with Crippen molar-refractivity contribution < 1.29 is 0 Å². The maximum atomic E-state index is 5.86. The largest absolute Gasteiger partial charge is 0.397 e. The van der Waals surface area contributed by atoms with Crippen molar-refractivity contribution in [2.24, 2.45) is 0 Å². The molecule has 0 unspecified atom stereocenters. The molecule has 3 heterocycles. The molecule has 0 atom stereocenters. The first kappa shape index (κ1) is 10.7. The molecule has 0 aliphatic carbocycles. The molecule has 3 aromatic heterocycles. The van der Waals surface area contributed by atoms with Gasteiger partial charge in [0.15, 0.2) is 0 Å². The third-order valence-corrected chi connectivity index (χ3v) is 2.93. The number of aromatic nitrogens is 4. The van der Waals surface area contributed by atoms with Gasteiger partial charge in [-0.2, -0.15) is 5.10 Å². The third kappa shape index (κ3) is 1.79. The highest BCUT2D eigenvalue weighted by Gasteiger charge is 2.06. The molecule has 5 heteroatoms. The lowest BCUT2D eigenvalue weighted by molar-refractivity contribution is 0.689. The Kier molecular flexibility index (Phi) is 2.44. The van der Waals surface area contributed by atoms with Crippen LogP contribution in [-0.2, 0) is 6.54 Å². The van der Waals surface area contributed by atoms with Crippen molar-refractivity contribution in [1.29, 1.82) is 0 Å². The molecule has 0 aliphatic heterocycles. The Hall–Kier alpha value is -2.43. The van der Waals surface area contributed by atoms with Gasteiger partial charge in [-0.05, 0) is 24.6 Å². The average molecular weight is 239 g/mol. The number of pyridine rings is 2. The zero-order chi connectivity index (χ0) is 12.5. The molecule has 0 fully saturated rings. The molecule has 5 nitrogen and oxygen atoms in total. The minimum absolute atomic E-state index is 0.654. The van der Waals surface area contributed by atoms with Gasteiger partial charge in [-0.15, -0.1) is 0 Å². The summed E-state index contributed by atoms with van der Waals surface area (Å²) in [5.41, 5.74) is 10.2. The van der Waals surface area contributed by atoms with Crippen molar-refractivity contribution in [2.75, 3.05) is 5.73 Å². The van der Waals surface area contributed by atoms with Gasteiger partial charge in [0.05, 0.1) is 18.4 Å². The molecule has 90 valence electrons. The number of hydrogen-bond donors (Lipinski definition) is 1. The van der Waals surface area contributed by atoms with Gasteiger partial charge in [-0.3, -0.25) is 14.6 Å². The van der Waals surface area contributed by atoms with Crippen LogP contribution in [0.2, 0.25) is 0 Å². The van der Waals surface area contributed by atoms with Gasteiger partial charge >= 0.3 is 0 Å². The predicted octanol–water partition coefficient (Wildman–Crippen LogP) is 1.77. The highest BCUT2D eigenvalue weighted by molar-refractivity contribution is 5.85. The minimum atomic E-state index is 0.654. The Balaban J connectivity index is 2.01. The van der Waals surface area contributed by atoms with Crippen LogP contribution in [0.3, 0.4) is 0 Å². The second kappa shape index (κ2) is 4.10. The van der Waals surface area contributed by atoms with E-state index < -0.39 is 0 Å². The van der Waals surface area contributed by atoms with E-state index in [1.165, 1.54) is 0 Å². The van der Waals surface area contributed by atoms with Crippen molar-refractivity contribution in [3.8, 4) is 0 Å². The van der Waals surface area contributed by atoms with Crippen LogP contribution in [0.1, 0.15) is 11.3 Å². The molecule has 0 aromatic carbocycles. The molecular weight excluding hydrogens is 226 g/mol. The Labute approximate surface area is 104 Å². The zero-order valence-electron chi connectivity index (χ0n) is 10.0. The minimum Gasteiger partial charge on any atom is -0.397 e. The molecule has 3 rings (SSSR count). The Morgan fingerprint density at radius 3 is 2.89 bits per heavy atom. The monoisotopic (exact) mass is 239 g/mol. The molecule has 0 amide bonds. The van der Waals surface area contributed by atoms with Crippen LogP contribution in [0.25, 0.3) is 11.0 Å². The van der Waals surface area contributed by atoms with Gasteiger partial charge in [-0.25, -0.2) is 0 Å². The highest BCUT2D eigenvalue weighted by Crippen LogP contribution is 2.17. The lowest BCUT2D eigenvalue weighted by Crippen LogP contribution is -2.02. The number of nitrogen functional groups attached to an aromatic ring is 1. The van der Waals surface area contributed by atoms with Crippen molar-refractivity contribution in [2.45, 2.75) is 13.5 Å². The molecule has 0 saturated carbocycles. The van der Waals surface area contributed by atoms with Crippen LogP contribution < -0.4 is 5.73 Å². The highest BCUT2D eigenvalue weighted by atomic mass is 15.3. The maximum Gasteiger partial charge on any atom is 0.134 e. The normalized spacial score (nSPS) is 10.9. The number of rotatable bonds is 2. The Morgan fingerprint density at radius 2 is 2.11 bits per heavy atom. The lowest BCUT2D eigenvalue weighted by atomic mass is 10.2. The number of anilines is 1. The standard InChI is InChI=1S/C13H13N5/c1-9-10(3-2-5-15-9)7-18-8-12-13(17-18)11(14)4-6-16-12/h2-6,8H,7,14H2,1H3. The topological polar surface area (TPSA) is 69.6 Å². The Morgan fingerprint density at radius 1 is 1.22 bits per heavy atom. The number of nitrogens with zero attached hydrogens (tertiary/aromatic N) is 4. The zero-order valence-corrected chi connectivity index (χ0v) is 10.0. The first-order valence-corrected chi connectivity index (χ1v) is 5.72.